The van der Waals surface area contributed by atoms with E-state index in [0.717, 1.165) is 5.56 Å². The van der Waals surface area contributed by atoms with Gasteiger partial charge in [0.2, 0.25) is 0 Å². The molecule has 76 valence electrons. The summed E-state index contributed by atoms with van der Waals surface area (Å²) in [4.78, 5) is 10.6. The summed E-state index contributed by atoms with van der Waals surface area (Å²) >= 11 is 0. The summed E-state index contributed by atoms with van der Waals surface area (Å²) in [5.41, 5.74) is 6.20. The topological polar surface area (TPSA) is 52.3 Å². The van der Waals surface area contributed by atoms with Gasteiger partial charge in [0.05, 0.1) is 0 Å². The summed E-state index contributed by atoms with van der Waals surface area (Å²) in [6, 6.07) is 4.38. The van der Waals surface area contributed by atoms with Gasteiger partial charge in [-0.25, -0.2) is 4.39 Å². The Hall–Kier alpha value is -1.42. The van der Waals surface area contributed by atoms with E-state index in [1.807, 2.05) is 0 Å². The smallest absolute Gasteiger partial charge is 0.308 e. The Kier molecular flexibility index (Phi) is 3.59. The molecular weight excluding hydrogens is 185 g/mol. The number of rotatable bonds is 3. The number of hydrogen-bond acceptors (Lipinski definition) is 3. The van der Waals surface area contributed by atoms with Gasteiger partial charge in [0.25, 0.3) is 0 Å². The Morgan fingerprint density at radius 2 is 2.29 bits per heavy atom. The zero-order valence-electron chi connectivity index (χ0n) is 7.92. The fourth-order valence-electron chi connectivity index (χ4n) is 1.10. The Bertz CT molecular complexity index is 339. The van der Waals surface area contributed by atoms with Crippen molar-refractivity contribution >= 4 is 5.97 Å². The number of halogens is 1. The van der Waals surface area contributed by atoms with E-state index >= 15 is 0 Å². The molecule has 0 aliphatic heterocycles. The standard InChI is InChI=1S/C10H12FNO2/c1-7(13)14-10-6-8(4-5-12)2-3-9(10)11/h2-3,6H,4-5,12H2,1H3. The molecule has 1 aromatic rings. The highest BCUT2D eigenvalue weighted by Crippen LogP contribution is 2.19. The first-order valence-corrected chi connectivity index (χ1v) is 4.30. The summed E-state index contributed by atoms with van der Waals surface area (Å²) in [5, 5.41) is 0. The monoisotopic (exact) mass is 197 g/mol. The number of esters is 1. The van der Waals surface area contributed by atoms with E-state index in [-0.39, 0.29) is 5.75 Å². The van der Waals surface area contributed by atoms with Crippen LogP contribution in [0.3, 0.4) is 0 Å². The Morgan fingerprint density at radius 3 is 2.86 bits per heavy atom. The third-order valence-electron chi connectivity index (χ3n) is 1.68. The molecule has 0 aliphatic rings. The lowest BCUT2D eigenvalue weighted by Gasteiger charge is -2.05. The molecule has 0 aromatic heterocycles. The maximum Gasteiger partial charge on any atom is 0.308 e. The van der Waals surface area contributed by atoms with Crippen LogP contribution < -0.4 is 10.5 Å². The lowest BCUT2D eigenvalue weighted by atomic mass is 10.1. The van der Waals surface area contributed by atoms with Crippen molar-refractivity contribution in [3.63, 3.8) is 0 Å². The fraction of sp³-hybridized carbons (Fsp3) is 0.300. The van der Waals surface area contributed by atoms with E-state index in [2.05, 4.69) is 4.74 Å². The molecule has 0 radical (unpaired) electrons. The molecule has 4 heteroatoms. The predicted molar refractivity (Wildman–Crippen MR) is 50.5 cm³/mol. The SMILES string of the molecule is CC(=O)Oc1cc(CCN)ccc1F. The highest BCUT2D eigenvalue weighted by molar-refractivity contribution is 5.69. The van der Waals surface area contributed by atoms with E-state index in [0.29, 0.717) is 13.0 Å². The maximum atomic E-state index is 13.1. The largest absolute Gasteiger partial charge is 0.424 e. The number of carbonyl (C=O) groups is 1. The lowest BCUT2D eigenvalue weighted by Crippen LogP contribution is -2.06. The Morgan fingerprint density at radius 1 is 1.57 bits per heavy atom. The van der Waals surface area contributed by atoms with Crippen LogP contribution in [0, 0.1) is 5.82 Å². The van der Waals surface area contributed by atoms with Gasteiger partial charge in [-0.15, -0.1) is 0 Å². The Balaban J connectivity index is 2.90. The first kappa shape index (κ1) is 10.7. The normalized spacial score (nSPS) is 9.93. The van der Waals surface area contributed by atoms with E-state index in [1.54, 1.807) is 6.07 Å². The number of nitrogens with two attached hydrogens (primary N) is 1. The molecule has 0 spiro atoms. The molecule has 0 aliphatic carbocycles. The molecule has 2 N–H and O–H groups in total. The van der Waals surface area contributed by atoms with Crippen LogP contribution in [0.4, 0.5) is 4.39 Å². The third kappa shape index (κ3) is 2.81. The van der Waals surface area contributed by atoms with E-state index in [9.17, 15) is 9.18 Å². The van der Waals surface area contributed by atoms with E-state index in [4.69, 9.17) is 5.73 Å². The Labute approximate surface area is 81.7 Å². The number of benzene rings is 1. The van der Waals surface area contributed by atoms with E-state index in [1.165, 1.54) is 19.1 Å². The third-order valence-corrected chi connectivity index (χ3v) is 1.68. The summed E-state index contributed by atoms with van der Waals surface area (Å²) in [6.07, 6.45) is 0.633. The van der Waals surface area contributed by atoms with Crippen molar-refractivity contribution in [1.29, 1.82) is 0 Å². The molecule has 14 heavy (non-hydrogen) atoms. The zero-order valence-corrected chi connectivity index (χ0v) is 7.92. The molecular formula is C10H12FNO2. The molecule has 3 nitrogen and oxygen atoms in total. The van der Waals surface area contributed by atoms with Crippen LogP contribution in [0.15, 0.2) is 18.2 Å². The van der Waals surface area contributed by atoms with Crippen molar-refractivity contribution < 1.29 is 13.9 Å². The van der Waals surface area contributed by atoms with Crippen molar-refractivity contribution in [2.75, 3.05) is 6.54 Å². The van der Waals surface area contributed by atoms with Gasteiger partial charge in [0.15, 0.2) is 11.6 Å². The maximum absolute atomic E-state index is 13.1. The summed E-state index contributed by atoms with van der Waals surface area (Å²) < 4.78 is 17.7. The average molecular weight is 197 g/mol. The van der Waals surface area contributed by atoms with Crippen LogP contribution in [0.25, 0.3) is 0 Å². The number of hydrogen-bond donors (Lipinski definition) is 1. The molecule has 0 heterocycles. The summed E-state index contributed by atoms with van der Waals surface area (Å²) in [5.74, 6) is -1.11. The van der Waals surface area contributed by atoms with Crippen LogP contribution in [0.1, 0.15) is 12.5 Å². The van der Waals surface area contributed by atoms with Crippen molar-refractivity contribution in [1.82, 2.24) is 0 Å². The minimum atomic E-state index is -0.541. The number of carbonyl (C=O) groups excluding carboxylic acids is 1. The average Bonchev–Trinajstić information content (AvgIpc) is 2.10. The summed E-state index contributed by atoms with van der Waals surface area (Å²) in [6.45, 7) is 1.71. The molecule has 0 saturated heterocycles. The predicted octanol–water partition coefficient (Wildman–Crippen LogP) is 1.25. The van der Waals surface area contributed by atoms with E-state index < -0.39 is 11.8 Å². The van der Waals surface area contributed by atoms with Crippen LogP contribution in [0.2, 0.25) is 0 Å². The van der Waals surface area contributed by atoms with Gasteiger partial charge in [0, 0.05) is 6.92 Å². The van der Waals surface area contributed by atoms with Gasteiger partial charge in [-0.1, -0.05) is 6.07 Å². The molecule has 0 atom stereocenters. The first-order chi connectivity index (χ1) is 6.63. The fourth-order valence-corrected chi connectivity index (χ4v) is 1.10. The van der Waals surface area contributed by atoms with Gasteiger partial charge in [-0.3, -0.25) is 4.79 Å². The molecule has 0 saturated carbocycles. The second-order valence-corrected chi connectivity index (χ2v) is 2.90. The molecule has 0 unspecified atom stereocenters. The molecule has 0 amide bonds. The minimum Gasteiger partial charge on any atom is -0.424 e. The second kappa shape index (κ2) is 4.72. The highest BCUT2D eigenvalue weighted by atomic mass is 19.1. The molecule has 0 fully saturated rings. The molecule has 1 rings (SSSR count). The molecule has 1 aromatic carbocycles. The van der Waals surface area contributed by atoms with Crippen LogP contribution in [-0.2, 0) is 11.2 Å². The van der Waals surface area contributed by atoms with Gasteiger partial charge < -0.3 is 10.5 Å². The second-order valence-electron chi connectivity index (χ2n) is 2.90. The van der Waals surface area contributed by atoms with Crippen LogP contribution in [0.5, 0.6) is 5.75 Å². The van der Waals surface area contributed by atoms with Gasteiger partial charge in [-0.2, -0.15) is 0 Å². The van der Waals surface area contributed by atoms with Gasteiger partial charge in [0.1, 0.15) is 0 Å². The van der Waals surface area contributed by atoms with Gasteiger partial charge >= 0.3 is 5.97 Å². The van der Waals surface area contributed by atoms with Crippen LogP contribution in [-0.4, -0.2) is 12.5 Å². The van der Waals surface area contributed by atoms with Gasteiger partial charge in [-0.05, 0) is 30.7 Å². The zero-order chi connectivity index (χ0) is 10.6. The van der Waals surface area contributed by atoms with Crippen molar-refractivity contribution in [3.8, 4) is 5.75 Å². The lowest BCUT2D eigenvalue weighted by molar-refractivity contribution is -0.132. The summed E-state index contributed by atoms with van der Waals surface area (Å²) in [7, 11) is 0. The van der Waals surface area contributed by atoms with Crippen molar-refractivity contribution in [2.24, 2.45) is 5.73 Å². The number of ether oxygens (including phenoxy) is 1. The minimum absolute atomic E-state index is 0.0385. The van der Waals surface area contributed by atoms with Crippen molar-refractivity contribution in [3.05, 3.63) is 29.6 Å². The first-order valence-electron chi connectivity index (χ1n) is 4.30. The van der Waals surface area contributed by atoms with Crippen molar-refractivity contribution in [2.45, 2.75) is 13.3 Å². The quantitative estimate of drug-likeness (QED) is 0.586. The van der Waals surface area contributed by atoms with Crippen LogP contribution >= 0.6 is 0 Å². The highest BCUT2D eigenvalue weighted by Gasteiger charge is 2.06. The molecule has 0 bridgehead atoms.